The topological polar surface area (TPSA) is 74.3 Å². The van der Waals surface area contributed by atoms with Crippen LogP contribution in [-0.4, -0.2) is 35.3 Å². The number of benzene rings is 3. The normalized spacial score (nSPS) is 11.1. The summed E-state index contributed by atoms with van der Waals surface area (Å²) in [6.45, 7) is 1.22. The molecule has 6 rings (SSSR count). The van der Waals surface area contributed by atoms with Crippen molar-refractivity contribution in [1.29, 1.82) is 0 Å². The van der Waals surface area contributed by atoms with Crippen LogP contribution in [0.2, 0.25) is 0 Å². The minimum atomic E-state index is 0.544. The van der Waals surface area contributed by atoms with E-state index in [1.165, 1.54) is 0 Å². The summed E-state index contributed by atoms with van der Waals surface area (Å²) in [4.78, 5) is 9.53. The summed E-state index contributed by atoms with van der Waals surface area (Å²) in [6, 6.07) is 30.8. The lowest BCUT2D eigenvalue weighted by Crippen LogP contribution is -2.08. The summed E-state index contributed by atoms with van der Waals surface area (Å²) in [5.74, 6) is 3.09. The van der Waals surface area contributed by atoms with Crippen LogP contribution in [0.3, 0.4) is 0 Å². The monoisotopic (exact) mass is 530 g/mol. The highest BCUT2D eigenvalue weighted by Crippen LogP contribution is 2.43. The number of rotatable bonds is 10. The first-order valence-electron chi connectivity index (χ1n) is 13.2. The molecule has 1 N–H and O–H groups in total. The van der Waals surface area contributed by atoms with Crippen molar-refractivity contribution in [3.63, 3.8) is 0 Å². The highest BCUT2D eigenvalue weighted by molar-refractivity contribution is 6.08. The molecule has 0 amide bonds. The summed E-state index contributed by atoms with van der Waals surface area (Å²) in [5, 5.41) is 4.58. The maximum atomic E-state index is 5.77. The summed E-state index contributed by atoms with van der Waals surface area (Å²) in [7, 11) is 3.30. The van der Waals surface area contributed by atoms with Crippen LogP contribution in [0.15, 0.2) is 108 Å². The Bertz CT molecular complexity index is 1710. The van der Waals surface area contributed by atoms with Gasteiger partial charge >= 0.3 is 0 Å². The number of hydrogen-bond donors (Lipinski definition) is 1. The van der Waals surface area contributed by atoms with Gasteiger partial charge in [-0.1, -0.05) is 66.7 Å². The maximum Gasteiger partial charge on any atom is 0.160 e. The number of fused-ring (bicyclic) bond motifs is 1. The van der Waals surface area contributed by atoms with Crippen LogP contribution in [-0.2, 0) is 13.0 Å². The Morgan fingerprint density at radius 1 is 0.800 bits per heavy atom. The van der Waals surface area contributed by atoms with Gasteiger partial charge in [0.2, 0.25) is 0 Å². The molecule has 0 atom stereocenters. The Morgan fingerprint density at radius 3 is 2.25 bits per heavy atom. The molecule has 0 saturated carbocycles. The zero-order valence-electron chi connectivity index (χ0n) is 22.5. The molecule has 0 aliphatic rings. The van der Waals surface area contributed by atoms with Crippen molar-refractivity contribution < 1.29 is 13.9 Å². The quantitative estimate of drug-likeness (QED) is 0.204. The van der Waals surface area contributed by atoms with E-state index >= 15 is 0 Å². The van der Waals surface area contributed by atoms with E-state index in [1.807, 2.05) is 36.4 Å². The van der Waals surface area contributed by atoms with Crippen molar-refractivity contribution in [2.45, 2.75) is 13.0 Å². The largest absolute Gasteiger partial charge is 0.493 e. The lowest BCUT2D eigenvalue weighted by atomic mass is 9.99. The summed E-state index contributed by atoms with van der Waals surface area (Å²) >= 11 is 0. The van der Waals surface area contributed by atoms with E-state index in [0.717, 1.165) is 68.5 Å². The molecule has 0 bridgehead atoms. The van der Waals surface area contributed by atoms with Gasteiger partial charge in [-0.3, -0.25) is 0 Å². The van der Waals surface area contributed by atoms with Crippen molar-refractivity contribution in [1.82, 2.24) is 14.5 Å². The molecule has 3 aromatic heterocycles. The van der Waals surface area contributed by atoms with E-state index in [4.69, 9.17) is 23.9 Å². The fourth-order valence-corrected chi connectivity index (χ4v) is 5.16. The Kier molecular flexibility index (Phi) is 7.18. The predicted octanol–water partition coefficient (Wildman–Crippen LogP) is 7.08. The molecule has 0 spiro atoms. The average molecular weight is 531 g/mol. The first-order chi connectivity index (χ1) is 19.8. The molecule has 0 saturated heterocycles. The molecule has 40 heavy (non-hydrogen) atoms. The SMILES string of the molecule is COc1ccc(CCNc2ncnc3c2c(-c2ccccc2)c(-c2ccccc2)n3Cc2ccco2)cc1OC. The van der Waals surface area contributed by atoms with Crippen LogP contribution in [0, 0.1) is 0 Å². The maximum absolute atomic E-state index is 5.77. The Labute approximate surface area is 233 Å². The van der Waals surface area contributed by atoms with Crippen molar-refractivity contribution in [2.75, 3.05) is 26.1 Å². The molecular weight excluding hydrogens is 500 g/mol. The summed E-state index contributed by atoms with van der Waals surface area (Å²) in [5.41, 5.74) is 6.34. The molecule has 7 nitrogen and oxygen atoms in total. The van der Waals surface area contributed by atoms with Crippen molar-refractivity contribution in [3.05, 3.63) is 115 Å². The van der Waals surface area contributed by atoms with Gasteiger partial charge < -0.3 is 23.8 Å². The number of anilines is 1. The second-order valence-corrected chi connectivity index (χ2v) is 9.41. The number of methoxy groups -OCH3 is 2. The van der Waals surface area contributed by atoms with Gasteiger partial charge in [-0.15, -0.1) is 0 Å². The van der Waals surface area contributed by atoms with E-state index in [2.05, 4.69) is 64.5 Å². The van der Waals surface area contributed by atoms with Crippen molar-refractivity contribution >= 4 is 16.9 Å². The Hall–Kier alpha value is -5.04. The van der Waals surface area contributed by atoms with Gasteiger partial charge in [0.25, 0.3) is 0 Å². The molecule has 0 aliphatic heterocycles. The second kappa shape index (κ2) is 11.4. The molecule has 0 radical (unpaired) electrons. The van der Waals surface area contributed by atoms with Gasteiger partial charge in [0, 0.05) is 12.1 Å². The van der Waals surface area contributed by atoms with Crippen LogP contribution in [0.25, 0.3) is 33.4 Å². The summed E-state index contributed by atoms with van der Waals surface area (Å²) < 4.78 is 18.9. The van der Waals surface area contributed by atoms with Crippen LogP contribution in [0.4, 0.5) is 5.82 Å². The van der Waals surface area contributed by atoms with Crippen LogP contribution >= 0.6 is 0 Å². The number of aromatic nitrogens is 3. The minimum absolute atomic E-state index is 0.544. The van der Waals surface area contributed by atoms with E-state index in [0.29, 0.717) is 13.1 Å². The third-order valence-corrected chi connectivity index (χ3v) is 7.00. The van der Waals surface area contributed by atoms with Gasteiger partial charge in [0.1, 0.15) is 23.6 Å². The number of ether oxygens (including phenoxy) is 2. The lowest BCUT2D eigenvalue weighted by molar-refractivity contribution is 0.354. The smallest absolute Gasteiger partial charge is 0.160 e. The van der Waals surface area contributed by atoms with E-state index < -0.39 is 0 Å². The number of hydrogen-bond acceptors (Lipinski definition) is 6. The Morgan fingerprint density at radius 2 is 1.55 bits per heavy atom. The molecule has 0 unspecified atom stereocenters. The van der Waals surface area contributed by atoms with Crippen LogP contribution in [0.1, 0.15) is 11.3 Å². The zero-order chi connectivity index (χ0) is 27.3. The molecule has 7 heteroatoms. The van der Waals surface area contributed by atoms with Gasteiger partial charge in [0.05, 0.1) is 38.1 Å². The molecule has 3 aromatic carbocycles. The third-order valence-electron chi connectivity index (χ3n) is 7.00. The molecule has 0 fully saturated rings. The van der Waals surface area contributed by atoms with E-state index in [1.54, 1.807) is 26.8 Å². The minimum Gasteiger partial charge on any atom is -0.493 e. The molecule has 3 heterocycles. The van der Waals surface area contributed by atoms with Crippen molar-refractivity contribution in [3.8, 4) is 33.9 Å². The van der Waals surface area contributed by atoms with Gasteiger partial charge in [-0.2, -0.15) is 0 Å². The number of nitrogens with zero attached hydrogens (tertiary/aromatic N) is 3. The average Bonchev–Trinajstić information content (AvgIpc) is 3.65. The number of furan rings is 1. The molecule has 0 aliphatic carbocycles. The van der Waals surface area contributed by atoms with Gasteiger partial charge in [0.15, 0.2) is 11.5 Å². The van der Waals surface area contributed by atoms with Crippen molar-refractivity contribution in [2.24, 2.45) is 0 Å². The fourth-order valence-electron chi connectivity index (χ4n) is 5.16. The molecule has 200 valence electrons. The summed E-state index contributed by atoms with van der Waals surface area (Å²) in [6.07, 6.45) is 4.12. The standard InChI is InChI=1S/C33H30N4O3/c1-38-27-16-15-23(20-28(27)39-2)17-18-34-32-30-29(24-10-5-3-6-11-24)31(25-12-7-4-8-13-25)37(33(30)36-22-35-32)21-26-14-9-19-40-26/h3-16,19-20,22H,17-18,21H2,1-2H3,(H,34,35,36). The van der Waals surface area contributed by atoms with Gasteiger partial charge in [-0.05, 0) is 47.4 Å². The second-order valence-electron chi connectivity index (χ2n) is 9.41. The predicted molar refractivity (Wildman–Crippen MR) is 158 cm³/mol. The molecular formula is C33H30N4O3. The van der Waals surface area contributed by atoms with Crippen LogP contribution < -0.4 is 14.8 Å². The first kappa shape index (κ1) is 25.2. The number of nitrogens with one attached hydrogen (secondary N) is 1. The highest BCUT2D eigenvalue weighted by Gasteiger charge is 2.24. The molecule has 6 aromatic rings. The zero-order valence-corrected chi connectivity index (χ0v) is 22.5. The highest BCUT2D eigenvalue weighted by atomic mass is 16.5. The Balaban J connectivity index is 1.47. The lowest BCUT2D eigenvalue weighted by Gasteiger charge is -2.12. The fraction of sp³-hybridized carbons (Fsp3) is 0.152. The van der Waals surface area contributed by atoms with E-state index in [9.17, 15) is 0 Å². The first-order valence-corrected chi connectivity index (χ1v) is 13.2. The van der Waals surface area contributed by atoms with Crippen LogP contribution in [0.5, 0.6) is 11.5 Å². The van der Waals surface area contributed by atoms with E-state index in [-0.39, 0.29) is 0 Å². The third kappa shape index (κ3) is 4.89. The van der Waals surface area contributed by atoms with Gasteiger partial charge in [-0.25, -0.2) is 9.97 Å².